The van der Waals surface area contributed by atoms with Crippen LogP contribution in [0.1, 0.15) is 56.5 Å². The molecule has 1 aromatic rings. The fourth-order valence-electron chi connectivity index (χ4n) is 3.11. The molecular weight excluding hydrogens is 348 g/mol. The minimum Gasteiger partial charge on any atom is -0.453 e. The number of imide groups is 1. The fourth-order valence-corrected chi connectivity index (χ4v) is 3.11. The Morgan fingerprint density at radius 2 is 1.70 bits per heavy atom. The van der Waals surface area contributed by atoms with Crippen molar-refractivity contribution in [2.24, 2.45) is 0 Å². The van der Waals surface area contributed by atoms with E-state index in [0.29, 0.717) is 18.4 Å². The molecule has 146 valence electrons. The Kier molecular flexibility index (Phi) is 6.36. The second-order valence-electron chi connectivity index (χ2n) is 6.66. The molecule has 0 radical (unpaired) electrons. The molecule has 7 nitrogen and oxygen atoms in total. The SMILES string of the molecule is CCc1ccc(C(=O)C(C)OC(=O)CN2C(=O)NC(CC)(CC)C2=O)cc1. The minimum absolute atomic E-state index is 0.334. The molecule has 3 amide bonds. The van der Waals surface area contributed by atoms with Gasteiger partial charge in [0.05, 0.1) is 0 Å². The van der Waals surface area contributed by atoms with Gasteiger partial charge in [0.25, 0.3) is 5.91 Å². The lowest BCUT2D eigenvalue weighted by atomic mass is 9.93. The fraction of sp³-hybridized carbons (Fsp3) is 0.500. The van der Waals surface area contributed by atoms with E-state index in [0.717, 1.165) is 16.9 Å². The molecule has 0 aliphatic carbocycles. The molecule has 1 saturated heterocycles. The van der Waals surface area contributed by atoms with E-state index in [4.69, 9.17) is 4.74 Å². The zero-order valence-electron chi connectivity index (χ0n) is 16.2. The maximum absolute atomic E-state index is 12.5. The quantitative estimate of drug-likeness (QED) is 0.429. The summed E-state index contributed by atoms with van der Waals surface area (Å²) >= 11 is 0. The molecule has 1 fully saturated rings. The topological polar surface area (TPSA) is 92.8 Å². The number of nitrogens with one attached hydrogen (secondary N) is 1. The molecule has 7 heteroatoms. The van der Waals surface area contributed by atoms with Crippen LogP contribution in [0.4, 0.5) is 4.79 Å². The Morgan fingerprint density at radius 3 is 2.19 bits per heavy atom. The third kappa shape index (κ3) is 4.18. The summed E-state index contributed by atoms with van der Waals surface area (Å²) in [5, 5.41) is 2.65. The van der Waals surface area contributed by atoms with E-state index >= 15 is 0 Å². The molecule has 0 saturated carbocycles. The Hall–Kier alpha value is -2.70. The summed E-state index contributed by atoms with van der Waals surface area (Å²) in [6, 6.07) is 6.48. The summed E-state index contributed by atoms with van der Waals surface area (Å²) in [5.41, 5.74) is 0.573. The zero-order valence-corrected chi connectivity index (χ0v) is 16.2. The van der Waals surface area contributed by atoms with E-state index in [1.165, 1.54) is 6.92 Å². The number of amides is 3. The first-order chi connectivity index (χ1) is 12.8. The van der Waals surface area contributed by atoms with E-state index in [1.807, 2.05) is 19.1 Å². The van der Waals surface area contributed by atoms with Gasteiger partial charge < -0.3 is 10.1 Å². The highest BCUT2D eigenvalue weighted by atomic mass is 16.5. The van der Waals surface area contributed by atoms with Gasteiger partial charge in [0, 0.05) is 5.56 Å². The number of carbonyl (C=O) groups is 4. The van der Waals surface area contributed by atoms with Crippen molar-refractivity contribution in [2.45, 2.75) is 58.6 Å². The summed E-state index contributed by atoms with van der Waals surface area (Å²) in [6.07, 6.45) is 0.722. The van der Waals surface area contributed by atoms with Crippen LogP contribution in [0, 0.1) is 0 Å². The largest absolute Gasteiger partial charge is 0.453 e. The van der Waals surface area contributed by atoms with Gasteiger partial charge in [-0.05, 0) is 31.7 Å². The standard InChI is InChI=1S/C20H26N2O5/c1-5-14-8-10-15(11-9-14)17(24)13(4)27-16(23)12-22-18(25)20(6-2,7-3)21-19(22)26/h8-11,13H,5-7,12H2,1-4H3,(H,21,26). The third-order valence-corrected chi connectivity index (χ3v) is 5.06. The Bertz CT molecular complexity index is 737. The summed E-state index contributed by atoms with van der Waals surface area (Å²) in [4.78, 5) is 50.0. The second kappa shape index (κ2) is 8.33. The normalized spacial score (nSPS) is 16.8. The van der Waals surface area contributed by atoms with Crippen molar-refractivity contribution in [3.05, 3.63) is 35.4 Å². The van der Waals surface area contributed by atoms with Crippen molar-refractivity contribution in [2.75, 3.05) is 6.54 Å². The highest BCUT2D eigenvalue weighted by Crippen LogP contribution is 2.24. The molecule has 1 aliphatic heterocycles. The van der Waals surface area contributed by atoms with E-state index in [2.05, 4.69) is 5.32 Å². The highest BCUT2D eigenvalue weighted by molar-refractivity contribution is 6.08. The number of aryl methyl sites for hydroxylation is 1. The molecule has 27 heavy (non-hydrogen) atoms. The maximum atomic E-state index is 12.5. The summed E-state index contributed by atoms with van der Waals surface area (Å²) in [7, 11) is 0. The second-order valence-corrected chi connectivity index (χ2v) is 6.66. The Balaban J connectivity index is 1.99. The van der Waals surface area contributed by atoms with Gasteiger partial charge in [0.1, 0.15) is 12.1 Å². The number of ether oxygens (including phenoxy) is 1. The van der Waals surface area contributed by atoms with Crippen LogP contribution >= 0.6 is 0 Å². The van der Waals surface area contributed by atoms with Crippen molar-refractivity contribution in [3.63, 3.8) is 0 Å². The summed E-state index contributed by atoms with van der Waals surface area (Å²) < 4.78 is 5.15. The lowest BCUT2D eigenvalue weighted by Gasteiger charge is -2.23. The number of hydrogen-bond donors (Lipinski definition) is 1. The van der Waals surface area contributed by atoms with Crippen LogP contribution in [-0.4, -0.2) is 46.8 Å². The number of carbonyl (C=O) groups excluding carboxylic acids is 4. The van der Waals surface area contributed by atoms with Gasteiger partial charge in [0.15, 0.2) is 6.10 Å². The van der Waals surface area contributed by atoms with Gasteiger partial charge >= 0.3 is 12.0 Å². The number of ketones is 1. The van der Waals surface area contributed by atoms with Gasteiger partial charge in [-0.15, -0.1) is 0 Å². The lowest BCUT2D eigenvalue weighted by molar-refractivity contribution is -0.150. The molecule has 0 spiro atoms. The molecule has 1 N–H and O–H groups in total. The number of benzene rings is 1. The first kappa shape index (κ1) is 20.6. The van der Waals surface area contributed by atoms with Crippen LogP contribution in [-0.2, 0) is 20.7 Å². The summed E-state index contributed by atoms with van der Waals surface area (Å²) in [6.45, 7) is 6.58. The Morgan fingerprint density at radius 1 is 1.11 bits per heavy atom. The average molecular weight is 374 g/mol. The van der Waals surface area contributed by atoms with Gasteiger partial charge in [-0.1, -0.05) is 45.0 Å². The van der Waals surface area contributed by atoms with Gasteiger partial charge in [-0.3, -0.25) is 19.3 Å². The molecule has 0 aromatic heterocycles. The number of urea groups is 1. The van der Waals surface area contributed by atoms with Crippen LogP contribution < -0.4 is 5.32 Å². The first-order valence-corrected chi connectivity index (χ1v) is 9.24. The number of Topliss-reactive ketones (excluding diaryl/α,β-unsaturated/α-hetero) is 1. The number of hydrogen-bond acceptors (Lipinski definition) is 5. The molecule has 1 aromatic carbocycles. The molecule has 1 heterocycles. The van der Waals surface area contributed by atoms with E-state index in [1.54, 1.807) is 26.0 Å². The van der Waals surface area contributed by atoms with Crippen molar-refractivity contribution >= 4 is 23.7 Å². The van der Waals surface area contributed by atoms with Crippen LogP contribution in [0.3, 0.4) is 0 Å². The van der Waals surface area contributed by atoms with Crippen molar-refractivity contribution in [1.29, 1.82) is 0 Å². The van der Waals surface area contributed by atoms with Crippen LogP contribution in [0.25, 0.3) is 0 Å². The van der Waals surface area contributed by atoms with E-state index < -0.39 is 36.1 Å². The molecule has 2 rings (SSSR count). The molecule has 1 unspecified atom stereocenters. The van der Waals surface area contributed by atoms with Gasteiger partial charge in [-0.2, -0.15) is 0 Å². The molecule has 1 aliphatic rings. The van der Waals surface area contributed by atoms with E-state index in [9.17, 15) is 19.2 Å². The first-order valence-electron chi connectivity index (χ1n) is 9.24. The predicted molar refractivity (Wildman–Crippen MR) is 99.3 cm³/mol. The van der Waals surface area contributed by atoms with Gasteiger partial charge in [0.2, 0.25) is 5.78 Å². The monoisotopic (exact) mass is 374 g/mol. The molecule has 0 bridgehead atoms. The molecular formula is C20H26N2O5. The van der Waals surface area contributed by atoms with Gasteiger partial charge in [-0.25, -0.2) is 4.79 Å². The Labute approximate surface area is 159 Å². The maximum Gasteiger partial charge on any atom is 0.326 e. The third-order valence-electron chi connectivity index (χ3n) is 5.06. The number of esters is 1. The van der Waals surface area contributed by atoms with E-state index in [-0.39, 0.29) is 5.78 Å². The summed E-state index contributed by atoms with van der Waals surface area (Å²) in [5.74, 6) is -1.57. The predicted octanol–water partition coefficient (Wildman–Crippen LogP) is 2.47. The van der Waals surface area contributed by atoms with Crippen LogP contribution in [0.15, 0.2) is 24.3 Å². The molecule has 1 atom stereocenters. The average Bonchev–Trinajstić information content (AvgIpc) is 2.92. The number of rotatable bonds is 8. The van der Waals surface area contributed by atoms with Crippen molar-refractivity contribution in [3.8, 4) is 0 Å². The van der Waals surface area contributed by atoms with Crippen LogP contribution in [0.5, 0.6) is 0 Å². The van der Waals surface area contributed by atoms with Crippen molar-refractivity contribution < 1.29 is 23.9 Å². The lowest BCUT2D eigenvalue weighted by Crippen LogP contribution is -2.46. The zero-order chi connectivity index (χ0) is 20.2. The smallest absolute Gasteiger partial charge is 0.326 e. The van der Waals surface area contributed by atoms with Crippen molar-refractivity contribution in [1.82, 2.24) is 10.2 Å². The highest BCUT2D eigenvalue weighted by Gasteiger charge is 2.49. The minimum atomic E-state index is -1.01. The van der Waals surface area contributed by atoms with Crippen LogP contribution in [0.2, 0.25) is 0 Å². The number of nitrogens with zero attached hydrogens (tertiary/aromatic N) is 1.